The van der Waals surface area contributed by atoms with Crippen molar-refractivity contribution in [1.29, 1.82) is 0 Å². The molecule has 7 heteroatoms. The summed E-state index contributed by atoms with van der Waals surface area (Å²) >= 11 is 0. The quantitative estimate of drug-likeness (QED) is 0.614. The molecule has 0 unspecified atom stereocenters. The number of aromatic hydroxyl groups is 1. The number of aliphatic carboxylic acids is 1. The Balaban J connectivity index is 2.05. The van der Waals surface area contributed by atoms with E-state index in [1.54, 1.807) is 0 Å². The Bertz CT molecular complexity index is 574. The molecule has 2 rings (SSSR count). The van der Waals surface area contributed by atoms with Crippen molar-refractivity contribution in [2.45, 2.75) is 19.3 Å². The Morgan fingerprint density at radius 3 is 2.53 bits per heavy atom. The van der Waals surface area contributed by atoms with E-state index in [0.717, 1.165) is 18.6 Å². The highest BCUT2D eigenvalue weighted by molar-refractivity contribution is 5.94. The van der Waals surface area contributed by atoms with Crippen molar-refractivity contribution in [3.8, 4) is 5.88 Å². The summed E-state index contributed by atoms with van der Waals surface area (Å²) in [6.45, 7) is 0.0225. The van der Waals surface area contributed by atoms with Crippen LogP contribution in [-0.2, 0) is 4.79 Å². The largest absolute Gasteiger partial charge is 0.494 e. The molecule has 1 aliphatic carbocycles. The number of pyridine rings is 1. The van der Waals surface area contributed by atoms with E-state index in [1.807, 2.05) is 0 Å². The lowest BCUT2D eigenvalue weighted by Crippen LogP contribution is -2.47. The molecule has 0 aliphatic heterocycles. The monoisotopic (exact) mass is 266 g/mol. The van der Waals surface area contributed by atoms with Crippen LogP contribution in [0.15, 0.2) is 16.9 Å². The van der Waals surface area contributed by atoms with Crippen molar-refractivity contribution in [1.82, 2.24) is 10.3 Å². The summed E-state index contributed by atoms with van der Waals surface area (Å²) in [7, 11) is 0. The van der Waals surface area contributed by atoms with Gasteiger partial charge in [0, 0.05) is 18.7 Å². The maximum absolute atomic E-state index is 11.8. The van der Waals surface area contributed by atoms with Crippen LogP contribution in [0.3, 0.4) is 0 Å². The minimum Gasteiger partial charge on any atom is -0.494 e. The third kappa shape index (κ3) is 2.59. The van der Waals surface area contributed by atoms with Crippen LogP contribution >= 0.6 is 0 Å². The highest BCUT2D eigenvalue weighted by Crippen LogP contribution is 2.40. The molecule has 0 spiro atoms. The first-order chi connectivity index (χ1) is 8.93. The van der Waals surface area contributed by atoms with Crippen LogP contribution in [0.2, 0.25) is 0 Å². The first-order valence-electron chi connectivity index (χ1n) is 5.88. The molecule has 1 aliphatic rings. The van der Waals surface area contributed by atoms with Crippen LogP contribution < -0.4 is 10.9 Å². The number of rotatable bonds is 4. The van der Waals surface area contributed by atoms with Gasteiger partial charge in [-0.05, 0) is 12.8 Å². The average Bonchev–Trinajstić information content (AvgIpc) is 2.25. The molecule has 1 aromatic heterocycles. The van der Waals surface area contributed by atoms with Crippen LogP contribution in [0.1, 0.15) is 29.6 Å². The van der Waals surface area contributed by atoms with Gasteiger partial charge in [0.05, 0.1) is 11.0 Å². The van der Waals surface area contributed by atoms with E-state index in [4.69, 9.17) is 5.11 Å². The van der Waals surface area contributed by atoms with Crippen molar-refractivity contribution in [2.24, 2.45) is 5.41 Å². The van der Waals surface area contributed by atoms with Crippen LogP contribution in [0, 0.1) is 5.41 Å². The number of carbonyl (C=O) groups excluding carboxylic acids is 1. The van der Waals surface area contributed by atoms with Gasteiger partial charge in [0.2, 0.25) is 0 Å². The van der Waals surface area contributed by atoms with Gasteiger partial charge in [0.25, 0.3) is 11.5 Å². The van der Waals surface area contributed by atoms with Crippen molar-refractivity contribution in [2.75, 3.05) is 6.54 Å². The second kappa shape index (κ2) is 4.75. The van der Waals surface area contributed by atoms with E-state index in [9.17, 15) is 19.5 Å². The fraction of sp³-hybridized carbons (Fsp3) is 0.417. The maximum Gasteiger partial charge on any atom is 0.311 e. The summed E-state index contributed by atoms with van der Waals surface area (Å²) < 4.78 is 0. The predicted octanol–water partition coefficient (Wildman–Crippen LogP) is 0.0652. The lowest BCUT2D eigenvalue weighted by Gasteiger charge is -2.37. The van der Waals surface area contributed by atoms with Gasteiger partial charge in [-0.2, -0.15) is 0 Å². The fourth-order valence-corrected chi connectivity index (χ4v) is 2.08. The Kier molecular flexibility index (Phi) is 3.28. The molecule has 1 fully saturated rings. The van der Waals surface area contributed by atoms with E-state index >= 15 is 0 Å². The number of aromatic amines is 1. The van der Waals surface area contributed by atoms with Crippen LogP contribution in [0.25, 0.3) is 0 Å². The number of nitrogens with one attached hydrogen (secondary N) is 2. The number of carboxylic acid groups (broad SMARTS) is 1. The van der Waals surface area contributed by atoms with Gasteiger partial charge in [-0.3, -0.25) is 19.4 Å². The summed E-state index contributed by atoms with van der Waals surface area (Å²) in [6, 6.07) is 2.16. The number of carbonyl (C=O) groups is 2. The van der Waals surface area contributed by atoms with E-state index < -0.39 is 28.7 Å². The zero-order valence-corrected chi connectivity index (χ0v) is 10.1. The van der Waals surface area contributed by atoms with Gasteiger partial charge in [-0.1, -0.05) is 6.42 Å². The minimum atomic E-state index is -0.923. The number of hydrogen-bond acceptors (Lipinski definition) is 4. The molecule has 1 aromatic rings. The SMILES string of the molecule is O=C(NCC1(C(=O)O)CCC1)c1cc(O)[nH]c(=O)c1. The van der Waals surface area contributed by atoms with Gasteiger partial charge in [0.15, 0.2) is 5.88 Å². The second-order valence-corrected chi connectivity index (χ2v) is 4.74. The number of carboxylic acids is 1. The first-order valence-corrected chi connectivity index (χ1v) is 5.88. The topological polar surface area (TPSA) is 119 Å². The molecular weight excluding hydrogens is 252 g/mol. The summed E-state index contributed by atoms with van der Waals surface area (Å²) in [5.74, 6) is -1.91. The van der Waals surface area contributed by atoms with Gasteiger partial charge in [-0.25, -0.2) is 0 Å². The third-order valence-electron chi connectivity index (χ3n) is 3.44. The summed E-state index contributed by atoms with van der Waals surface area (Å²) in [4.78, 5) is 36.1. The van der Waals surface area contributed by atoms with E-state index in [2.05, 4.69) is 10.3 Å². The maximum atomic E-state index is 11.8. The summed E-state index contributed by atoms with van der Waals surface area (Å²) in [5, 5.41) is 20.8. The Morgan fingerprint density at radius 1 is 1.37 bits per heavy atom. The smallest absolute Gasteiger partial charge is 0.311 e. The fourth-order valence-electron chi connectivity index (χ4n) is 2.08. The van der Waals surface area contributed by atoms with Crippen molar-refractivity contribution in [3.05, 3.63) is 28.0 Å². The van der Waals surface area contributed by atoms with E-state index in [0.29, 0.717) is 12.8 Å². The average molecular weight is 266 g/mol. The molecule has 0 atom stereocenters. The molecule has 1 amide bonds. The van der Waals surface area contributed by atoms with Gasteiger partial charge in [-0.15, -0.1) is 0 Å². The van der Waals surface area contributed by atoms with Gasteiger partial charge in [0.1, 0.15) is 0 Å². The summed E-state index contributed by atoms with van der Waals surface area (Å²) in [6.07, 6.45) is 1.89. The number of hydrogen-bond donors (Lipinski definition) is 4. The molecule has 7 nitrogen and oxygen atoms in total. The predicted molar refractivity (Wildman–Crippen MR) is 65.0 cm³/mol. The highest BCUT2D eigenvalue weighted by atomic mass is 16.4. The zero-order chi connectivity index (χ0) is 14.0. The van der Waals surface area contributed by atoms with Crippen LogP contribution in [-0.4, -0.2) is 33.6 Å². The lowest BCUT2D eigenvalue weighted by atomic mass is 9.69. The third-order valence-corrected chi connectivity index (χ3v) is 3.44. The van der Waals surface area contributed by atoms with Gasteiger partial charge < -0.3 is 15.5 Å². The number of aromatic nitrogens is 1. The van der Waals surface area contributed by atoms with Crippen LogP contribution in [0.5, 0.6) is 5.88 Å². The normalized spacial score (nSPS) is 16.4. The molecule has 0 saturated heterocycles. The zero-order valence-electron chi connectivity index (χ0n) is 10.1. The number of H-pyrrole nitrogens is 1. The second-order valence-electron chi connectivity index (χ2n) is 4.74. The lowest BCUT2D eigenvalue weighted by molar-refractivity contribution is -0.153. The molecule has 1 heterocycles. The van der Waals surface area contributed by atoms with E-state index in [-0.39, 0.29) is 12.1 Å². The Morgan fingerprint density at radius 2 is 2.05 bits per heavy atom. The molecule has 0 aromatic carbocycles. The Labute approximate surface area is 108 Å². The molecule has 0 radical (unpaired) electrons. The highest BCUT2D eigenvalue weighted by Gasteiger charge is 2.44. The van der Waals surface area contributed by atoms with Gasteiger partial charge >= 0.3 is 5.97 Å². The van der Waals surface area contributed by atoms with Crippen molar-refractivity contribution >= 4 is 11.9 Å². The molecule has 1 saturated carbocycles. The molecular formula is C12H14N2O5. The minimum absolute atomic E-state index is 0.00103. The molecule has 19 heavy (non-hydrogen) atoms. The number of amides is 1. The molecule has 102 valence electrons. The standard InChI is InChI=1S/C12H14N2O5/c15-8-4-7(5-9(16)14-8)10(17)13-6-12(11(18)19)2-1-3-12/h4-5H,1-3,6H2,(H,13,17)(H,18,19)(H2,14,15,16). The van der Waals surface area contributed by atoms with Crippen molar-refractivity contribution < 1.29 is 19.8 Å². The van der Waals surface area contributed by atoms with Crippen LogP contribution in [0.4, 0.5) is 0 Å². The Hall–Kier alpha value is -2.31. The first kappa shape index (κ1) is 13.1. The summed E-state index contributed by atoms with van der Waals surface area (Å²) in [5.41, 5.74) is -1.48. The van der Waals surface area contributed by atoms with Crippen molar-refractivity contribution in [3.63, 3.8) is 0 Å². The molecule has 0 bridgehead atoms. The molecule has 4 N–H and O–H groups in total. The van der Waals surface area contributed by atoms with E-state index in [1.165, 1.54) is 0 Å².